The third kappa shape index (κ3) is 5.08. The van der Waals surface area contributed by atoms with Crippen molar-refractivity contribution < 1.29 is 9.53 Å². The molecular formula is C21H30N4O2. The normalized spacial score (nSPS) is 17.3. The van der Waals surface area contributed by atoms with E-state index in [0.29, 0.717) is 18.4 Å². The Labute approximate surface area is 161 Å². The number of rotatable bonds is 7. The lowest BCUT2D eigenvalue weighted by atomic mass is 9.94. The number of methoxy groups -OCH3 is 1. The molecule has 2 aromatic rings. The summed E-state index contributed by atoms with van der Waals surface area (Å²) in [5.74, 6) is 2.57. The van der Waals surface area contributed by atoms with Gasteiger partial charge in [0.25, 0.3) is 0 Å². The number of carbonyl (C=O) groups is 1. The Morgan fingerprint density at radius 2 is 2.22 bits per heavy atom. The quantitative estimate of drug-likeness (QED) is 0.750. The van der Waals surface area contributed by atoms with Gasteiger partial charge in [-0.25, -0.2) is 0 Å². The number of amides is 1. The molecule has 146 valence electrons. The summed E-state index contributed by atoms with van der Waals surface area (Å²) >= 11 is 0. The van der Waals surface area contributed by atoms with Crippen LogP contribution in [0, 0.1) is 5.92 Å². The molecule has 0 saturated carbocycles. The number of piperidine rings is 1. The third-order valence-electron chi connectivity index (χ3n) is 5.31. The molecule has 0 spiro atoms. The van der Waals surface area contributed by atoms with Crippen LogP contribution < -0.4 is 4.74 Å². The van der Waals surface area contributed by atoms with E-state index < -0.39 is 0 Å². The highest BCUT2D eigenvalue weighted by Gasteiger charge is 2.25. The predicted molar refractivity (Wildman–Crippen MR) is 105 cm³/mol. The van der Waals surface area contributed by atoms with E-state index in [1.54, 1.807) is 13.4 Å². The molecule has 0 radical (unpaired) electrons. The third-order valence-corrected chi connectivity index (χ3v) is 5.31. The first-order valence-corrected chi connectivity index (χ1v) is 9.86. The van der Waals surface area contributed by atoms with Crippen LogP contribution >= 0.6 is 0 Å². The maximum atomic E-state index is 12.7. The maximum Gasteiger partial charge on any atom is 0.222 e. The molecule has 1 aromatic carbocycles. The van der Waals surface area contributed by atoms with Gasteiger partial charge < -0.3 is 14.2 Å². The molecule has 6 heteroatoms. The highest BCUT2D eigenvalue weighted by Crippen LogP contribution is 2.22. The van der Waals surface area contributed by atoms with Crippen LogP contribution in [0.1, 0.15) is 50.5 Å². The van der Waals surface area contributed by atoms with E-state index in [1.807, 2.05) is 29.2 Å². The number of likely N-dealkylation sites (tertiary alicyclic amines) is 1. The number of hydrogen-bond acceptors (Lipinski definition) is 4. The minimum absolute atomic E-state index is 0.243. The van der Waals surface area contributed by atoms with Crippen LogP contribution in [0.2, 0.25) is 0 Å². The molecule has 6 nitrogen and oxygen atoms in total. The molecule has 1 atom stereocenters. The number of aromatic nitrogens is 3. The monoisotopic (exact) mass is 370 g/mol. The lowest BCUT2D eigenvalue weighted by Crippen LogP contribution is -2.40. The van der Waals surface area contributed by atoms with Crippen LogP contribution in [-0.2, 0) is 17.6 Å². The largest absolute Gasteiger partial charge is 0.497 e. The SMILES string of the molecule is COc1cccc(CCC(=O)N2CCCC(Cc3nncn3C(C)C)C2)c1. The highest BCUT2D eigenvalue weighted by atomic mass is 16.5. The standard InChI is InChI=1S/C21H30N4O2/c1-16(2)25-15-22-23-20(25)13-18-7-5-11-24(14-18)21(26)10-9-17-6-4-8-19(12-17)27-3/h4,6,8,12,15-16,18H,5,7,9-11,13-14H2,1-3H3. The molecule has 2 heterocycles. The van der Waals surface area contributed by atoms with Crippen LogP contribution in [0.15, 0.2) is 30.6 Å². The van der Waals surface area contributed by atoms with Crippen molar-refractivity contribution in [3.8, 4) is 5.75 Å². The second-order valence-corrected chi connectivity index (χ2v) is 7.65. The summed E-state index contributed by atoms with van der Waals surface area (Å²) in [4.78, 5) is 14.7. The lowest BCUT2D eigenvalue weighted by Gasteiger charge is -2.33. The Kier molecular flexibility index (Phi) is 6.48. The Morgan fingerprint density at radius 1 is 1.37 bits per heavy atom. The van der Waals surface area contributed by atoms with Gasteiger partial charge in [0.1, 0.15) is 17.9 Å². The maximum absolute atomic E-state index is 12.7. The molecule has 0 aliphatic carbocycles. The van der Waals surface area contributed by atoms with Gasteiger partial charge in [-0.05, 0) is 56.7 Å². The van der Waals surface area contributed by atoms with Crippen molar-refractivity contribution in [1.82, 2.24) is 19.7 Å². The Morgan fingerprint density at radius 3 is 3.00 bits per heavy atom. The van der Waals surface area contributed by atoms with Crippen molar-refractivity contribution in [2.75, 3.05) is 20.2 Å². The molecule has 1 aliphatic rings. The molecule has 27 heavy (non-hydrogen) atoms. The van der Waals surface area contributed by atoms with Crippen LogP contribution in [0.3, 0.4) is 0 Å². The Bertz CT molecular complexity index is 756. The predicted octanol–water partition coefficient (Wildman–Crippen LogP) is 3.28. The highest BCUT2D eigenvalue weighted by molar-refractivity contribution is 5.76. The molecule has 0 bridgehead atoms. The average molecular weight is 370 g/mol. The first-order valence-electron chi connectivity index (χ1n) is 9.86. The van der Waals surface area contributed by atoms with Crippen molar-refractivity contribution in [2.24, 2.45) is 5.92 Å². The topological polar surface area (TPSA) is 60.2 Å². The molecule has 0 N–H and O–H groups in total. The number of nitrogens with zero attached hydrogens (tertiary/aromatic N) is 4. The Hall–Kier alpha value is -2.37. The molecular weight excluding hydrogens is 340 g/mol. The zero-order valence-electron chi connectivity index (χ0n) is 16.6. The first kappa shape index (κ1) is 19.4. The van der Waals surface area contributed by atoms with Crippen molar-refractivity contribution in [1.29, 1.82) is 0 Å². The fraction of sp³-hybridized carbons (Fsp3) is 0.571. The smallest absolute Gasteiger partial charge is 0.222 e. The molecule has 1 aliphatic heterocycles. The van der Waals surface area contributed by atoms with Gasteiger partial charge in [0.15, 0.2) is 0 Å². The zero-order valence-corrected chi connectivity index (χ0v) is 16.6. The summed E-state index contributed by atoms with van der Waals surface area (Å²) in [7, 11) is 1.66. The molecule has 1 aromatic heterocycles. The summed E-state index contributed by atoms with van der Waals surface area (Å²) < 4.78 is 7.39. The van der Waals surface area contributed by atoms with E-state index in [9.17, 15) is 4.79 Å². The molecule has 1 saturated heterocycles. The van der Waals surface area contributed by atoms with Gasteiger partial charge in [0, 0.05) is 32.0 Å². The minimum atomic E-state index is 0.243. The van der Waals surface area contributed by atoms with Crippen LogP contribution in [0.25, 0.3) is 0 Å². The van der Waals surface area contributed by atoms with Crippen molar-refractivity contribution >= 4 is 5.91 Å². The van der Waals surface area contributed by atoms with Crippen LogP contribution in [0.5, 0.6) is 5.75 Å². The van der Waals surface area contributed by atoms with E-state index in [1.165, 1.54) is 0 Å². The number of carbonyl (C=O) groups excluding carboxylic acids is 1. The summed E-state index contributed by atoms with van der Waals surface area (Å²) in [6, 6.07) is 8.31. The number of aryl methyl sites for hydroxylation is 1. The molecule has 1 unspecified atom stereocenters. The fourth-order valence-corrected chi connectivity index (χ4v) is 3.80. The van der Waals surface area contributed by atoms with Crippen LogP contribution in [-0.4, -0.2) is 45.8 Å². The van der Waals surface area contributed by atoms with E-state index in [4.69, 9.17) is 4.74 Å². The number of hydrogen-bond donors (Lipinski definition) is 0. The summed E-state index contributed by atoms with van der Waals surface area (Å²) in [5.41, 5.74) is 1.14. The molecule has 1 amide bonds. The van der Waals surface area contributed by atoms with Gasteiger partial charge in [-0.3, -0.25) is 4.79 Å². The van der Waals surface area contributed by atoms with Gasteiger partial charge in [0.05, 0.1) is 7.11 Å². The van der Waals surface area contributed by atoms with Gasteiger partial charge in [-0.2, -0.15) is 0 Å². The zero-order chi connectivity index (χ0) is 19.2. The summed E-state index contributed by atoms with van der Waals surface area (Å²) in [6.45, 7) is 5.97. The average Bonchev–Trinajstić information content (AvgIpc) is 3.15. The second kappa shape index (κ2) is 9.02. The minimum Gasteiger partial charge on any atom is -0.497 e. The van der Waals surface area contributed by atoms with Crippen LogP contribution in [0.4, 0.5) is 0 Å². The van der Waals surface area contributed by atoms with Gasteiger partial charge in [0.2, 0.25) is 5.91 Å². The second-order valence-electron chi connectivity index (χ2n) is 7.65. The lowest BCUT2D eigenvalue weighted by molar-refractivity contribution is -0.133. The number of ether oxygens (including phenoxy) is 1. The van der Waals surface area contributed by atoms with Crippen molar-refractivity contribution in [2.45, 2.75) is 52.0 Å². The first-order chi connectivity index (χ1) is 13.1. The summed E-state index contributed by atoms with van der Waals surface area (Å²) in [6.07, 6.45) is 6.19. The summed E-state index contributed by atoms with van der Waals surface area (Å²) in [5, 5.41) is 8.35. The Balaban J connectivity index is 1.53. The van der Waals surface area contributed by atoms with Gasteiger partial charge >= 0.3 is 0 Å². The molecule has 3 rings (SSSR count). The van der Waals surface area contributed by atoms with E-state index >= 15 is 0 Å². The van der Waals surface area contributed by atoms with Crippen molar-refractivity contribution in [3.63, 3.8) is 0 Å². The molecule has 1 fully saturated rings. The van der Waals surface area contributed by atoms with Crippen molar-refractivity contribution in [3.05, 3.63) is 42.0 Å². The van der Waals surface area contributed by atoms with Gasteiger partial charge in [-0.1, -0.05) is 12.1 Å². The number of benzene rings is 1. The van der Waals surface area contributed by atoms with Gasteiger partial charge in [-0.15, -0.1) is 10.2 Å². The van der Waals surface area contributed by atoms with E-state index in [0.717, 1.165) is 55.9 Å². The van der Waals surface area contributed by atoms with E-state index in [2.05, 4.69) is 28.6 Å². The van der Waals surface area contributed by atoms with E-state index in [-0.39, 0.29) is 5.91 Å². The fourth-order valence-electron chi connectivity index (χ4n) is 3.80.